The van der Waals surface area contributed by atoms with E-state index in [1.165, 1.54) is 19.2 Å². The van der Waals surface area contributed by atoms with Gasteiger partial charge in [0.1, 0.15) is 6.61 Å². The molecule has 7 heteroatoms. The Morgan fingerprint density at radius 3 is 3.00 bits per heavy atom. The highest BCUT2D eigenvalue weighted by Gasteiger charge is 2.13. The number of methoxy groups -OCH3 is 1. The number of carbonyl (C=O) groups is 1. The molecule has 1 aromatic carbocycles. The molecule has 0 radical (unpaired) electrons. The molecule has 0 spiro atoms. The second kappa shape index (κ2) is 5.49. The Hall–Kier alpha value is -2.41. The van der Waals surface area contributed by atoms with Crippen LogP contribution in [0.5, 0.6) is 5.75 Å². The predicted octanol–water partition coefficient (Wildman–Crippen LogP) is 1.92. The van der Waals surface area contributed by atoms with Crippen LogP contribution in [0.1, 0.15) is 16.2 Å². The first-order chi connectivity index (χ1) is 9.10. The van der Waals surface area contributed by atoms with Gasteiger partial charge in [-0.25, -0.2) is 4.39 Å². The summed E-state index contributed by atoms with van der Waals surface area (Å²) in [6, 6.07) is 4.94. The van der Waals surface area contributed by atoms with Crippen LogP contribution >= 0.6 is 0 Å². The fourth-order valence-corrected chi connectivity index (χ4v) is 1.41. The van der Waals surface area contributed by atoms with Crippen LogP contribution < -0.4 is 5.32 Å². The zero-order valence-corrected chi connectivity index (χ0v) is 10.0. The molecular weight excluding hydrogens is 255 g/mol. The van der Waals surface area contributed by atoms with E-state index in [9.17, 15) is 9.18 Å². The van der Waals surface area contributed by atoms with E-state index in [0.717, 1.165) is 12.1 Å². The van der Waals surface area contributed by atoms with Crippen molar-refractivity contribution in [3.05, 3.63) is 41.5 Å². The molecule has 1 amide bonds. The van der Waals surface area contributed by atoms with Gasteiger partial charge in [0.05, 0.1) is 0 Å². The van der Waals surface area contributed by atoms with Gasteiger partial charge in [-0.1, -0.05) is 5.16 Å². The minimum Gasteiger partial charge on any atom is -0.505 e. The summed E-state index contributed by atoms with van der Waals surface area (Å²) in [7, 11) is 1.49. The lowest BCUT2D eigenvalue weighted by Gasteiger charge is -2.03. The third kappa shape index (κ3) is 3.08. The summed E-state index contributed by atoms with van der Waals surface area (Å²) in [5, 5.41) is 15.0. The highest BCUT2D eigenvalue weighted by molar-refractivity contribution is 6.02. The largest absolute Gasteiger partial charge is 0.505 e. The number of ether oxygens (including phenoxy) is 1. The van der Waals surface area contributed by atoms with Crippen LogP contribution in [-0.4, -0.2) is 23.3 Å². The molecule has 2 rings (SSSR count). The van der Waals surface area contributed by atoms with Crippen LogP contribution in [0.4, 0.5) is 10.1 Å². The highest BCUT2D eigenvalue weighted by atomic mass is 19.1. The minimum absolute atomic E-state index is 0.0560. The minimum atomic E-state index is -0.821. The highest BCUT2D eigenvalue weighted by Crippen LogP contribution is 2.19. The number of aromatic hydroxyl groups is 1. The third-order valence-electron chi connectivity index (χ3n) is 2.28. The van der Waals surface area contributed by atoms with Gasteiger partial charge in [0.25, 0.3) is 5.91 Å². The van der Waals surface area contributed by atoms with Crippen LogP contribution in [0.2, 0.25) is 0 Å². The van der Waals surface area contributed by atoms with Gasteiger partial charge in [-0.3, -0.25) is 4.79 Å². The first-order valence-corrected chi connectivity index (χ1v) is 5.34. The van der Waals surface area contributed by atoms with E-state index in [1.807, 2.05) is 0 Å². The summed E-state index contributed by atoms with van der Waals surface area (Å²) >= 11 is 0. The number of amides is 1. The molecule has 0 atom stereocenters. The van der Waals surface area contributed by atoms with E-state index < -0.39 is 17.5 Å². The van der Waals surface area contributed by atoms with Crippen molar-refractivity contribution in [1.29, 1.82) is 0 Å². The van der Waals surface area contributed by atoms with Gasteiger partial charge in [0, 0.05) is 24.9 Å². The number of benzene rings is 1. The van der Waals surface area contributed by atoms with Crippen LogP contribution in [0.25, 0.3) is 0 Å². The maximum atomic E-state index is 13.1. The second-order valence-electron chi connectivity index (χ2n) is 3.73. The summed E-state index contributed by atoms with van der Waals surface area (Å²) < 4.78 is 22.8. The molecule has 1 heterocycles. The molecule has 6 nitrogen and oxygen atoms in total. The number of phenolic OH excluding ortho intramolecular Hbond substituents is 1. The smallest absolute Gasteiger partial charge is 0.277 e. The van der Waals surface area contributed by atoms with Crippen LogP contribution in [0, 0.1) is 5.82 Å². The predicted molar refractivity (Wildman–Crippen MR) is 63.2 cm³/mol. The normalized spacial score (nSPS) is 10.4. The number of nitrogens with one attached hydrogen (secondary N) is 1. The van der Waals surface area contributed by atoms with Crippen molar-refractivity contribution in [3.63, 3.8) is 0 Å². The Bertz CT molecular complexity index is 597. The number of carbonyl (C=O) groups excluding carboxylic acids is 1. The van der Waals surface area contributed by atoms with Crippen LogP contribution in [0.15, 0.2) is 28.8 Å². The average Bonchev–Trinajstić information content (AvgIpc) is 2.83. The topological polar surface area (TPSA) is 84.6 Å². The summed E-state index contributed by atoms with van der Waals surface area (Å²) in [5.41, 5.74) is 0.261. The fourth-order valence-electron chi connectivity index (χ4n) is 1.41. The van der Waals surface area contributed by atoms with Gasteiger partial charge < -0.3 is 19.7 Å². The molecule has 2 N–H and O–H groups in total. The zero-order chi connectivity index (χ0) is 13.8. The quantitative estimate of drug-likeness (QED) is 0.826. The third-order valence-corrected chi connectivity index (χ3v) is 2.28. The van der Waals surface area contributed by atoms with Gasteiger partial charge in [0.2, 0.25) is 0 Å². The number of phenols is 1. The van der Waals surface area contributed by atoms with Gasteiger partial charge in [0.15, 0.2) is 23.0 Å². The van der Waals surface area contributed by atoms with Crippen molar-refractivity contribution >= 4 is 11.6 Å². The van der Waals surface area contributed by atoms with Gasteiger partial charge >= 0.3 is 0 Å². The van der Waals surface area contributed by atoms with Gasteiger partial charge in [-0.05, 0) is 12.1 Å². The van der Waals surface area contributed by atoms with Crippen molar-refractivity contribution in [2.24, 2.45) is 0 Å². The van der Waals surface area contributed by atoms with Gasteiger partial charge in [-0.15, -0.1) is 0 Å². The lowest BCUT2D eigenvalue weighted by Crippen LogP contribution is -2.12. The Kier molecular flexibility index (Phi) is 3.76. The Morgan fingerprint density at radius 1 is 1.53 bits per heavy atom. The summed E-state index contributed by atoms with van der Waals surface area (Å²) in [5.74, 6) is -1.44. The number of nitrogens with zero attached hydrogens (tertiary/aromatic N) is 1. The van der Waals surface area contributed by atoms with Crippen molar-refractivity contribution in [3.8, 4) is 5.75 Å². The SMILES string of the molecule is COCc1cc(C(=O)Nc2ccc(O)c(F)c2)no1. The summed E-state index contributed by atoms with van der Waals surface area (Å²) in [6.07, 6.45) is 0. The average molecular weight is 266 g/mol. The molecule has 1 aromatic heterocycles. The fraction of sp³-hybridized carbons (Fsp3) is 0.167. The summed E-state index contributed by atoms with van der Waals surface area (Å²) in [6.45, 7) is 0.202. The number of halogens is 1. The molecule has 0 bridgehead atoms. The van der Waals surface area contributed by atoms with E-state index >= 15 is 0 Å². The molecule has 0 aliphatic rings. The van der Waals surface area contributed by atoms with Crippen molar-refractivity contribution < 1.29 is 23.6 Å². The molecular formula is C12H11FN2O4. The van der Waals surface area contributed by atoms with Crippen LogP contribution in [0.3, 0.4) is 0 Å². The Labute approximate surface area is 107 Å². The first kappa shape index (κ1) is 13.0. The molecule has 0 aliphatic carbocycles. The lowest BCUT2D eigenvalue weighted by molar-refractivity contribution is 0.101. The maximum Gasteiger partial charge on any atom is 0.277 e. The molecule has 0 aliphatic heterocycles. The van der Waals surface area contributed by atoms with E-state index in [1.54, 1.807) is 0 Å². The number of hydrogen-bond donors (Lipinski definition) is 2. The molecule has 0 saturated carbocycles. The standard InChI is InChI=1S/C12H11FN2O4/c1-18-6-8-5-10(15-19-8)12(17)14-7-2-3-11(16)9(13)4-7/h2-5,16H,6H2,1H3,(H,14,17). The Morgan fingerprint density at radius 2 is 2.32 bits per heavy atom. The van der Waals surface area contributed by atoms with Gasteiger partial charge in [-0.2, -0.15) is 0 Å². The molecule has 19 heavy (non-hydrogen) atoms. The van der Waals surface area contributed by atoms with E-state index in [0.29, 0.717) is 5.76 Å². The number of rotatable bonds is 4. The molecule has 2 aromatic rings. The number of anilines is 1. The monoisotopic (exact) mass is 266 g/mol. The van der Waals surface area contributed by atoms with Crippen molar-refractivity contribution in [2.45, 2.75) is 6.61 Å². The summed E-state index contributed by atoms with van der Waals surface area (Å²) in [4.78, 5) is 11.8. The molecule has 100 valence electrons. The zero-order valence-electron chi connectivity index (χ0n) is 10.0. The lowest BCUT2D eigenvalue weighted by atomic mass is 10.2. The second-order valence-corrected chi connectivity index (χ2v) is 3.73. The number of hydrogen-bond acceptors (Lipinski definition) is 5. The molecule has 0 saturated heterocycles. The van der Waals surface area contributed by atoms with E-state index in [4.69, 9.17) is 14.4 Å². The maximum absolute atomic E-state index is 13.1. The number of aromatic nitrogens is 1. The Balaban J connectivity index is 2.09. The van der Waals surface area contributed by atoms with Crippen LogP contribution in [-0.2, 0) is 11.3 Å². The molecule has 0 fully saturated rings. The van der Waals surface area contributed by atoms with Crippen molar-refractivity contribution in [1.82, 2.24) is 5.16 Å². The van der Waals surface area contributed by atoms with Crippen molar-refractivity contribution in [2.75, 3.05) is 12.4 Å². The molecule has 0 unspecified atom stereocenters. The van der Waals surface area contributed by atoms with E-state index in [2.05, 4.69) is 10.5 Å². The first-order valence-electron chi connectivity index (χ1n) is 5.34. The van der Waals surface area contributed by atoms with E-state index in [-0.39, 0.29) is 18.0 Å².